The number of hydrogen-bond acceptors (Lipinski definition) is 4. The Morgan fingerprint density at radius 3 is 1.94 bits per heavy atom. The minimum atomic E-state index is -0.734. The van der Waals surface area contributed by atoms with E-state index < -0.39 is 12.1 Å². The summed E-state index contributed by atoms with van der Waals surface area (Å²) < 4.78 is 0. The molecule has 1 aliphatic rings. The van der Waals surface area contributed by atoms with E-state index in [2.05, 4.69) is 5.16 Å². The van der Waals surface area contributed by atoms with Gasteiger partial charge in [0.05, 0.1) is 21.7 Å². The Morgan fingerprint density at radius 2 is 1.40 bits per heavy atom. The van der Waals surface area contributed by atoms with Crippen molar-refractivity contribution in [3.63, 3.8) is 0 Å². The first-order valence-electron chi connectivity index (χ1n) is 11.2. The fourth-order valence-electron chi connectivity index (χ4n) is 4.31. The molecular formula is C27H25Cl2N3O3. The Morgan fingerprint density at radius 1 is 0.829 bits per heavy atom. The smallest absolute Gasteiger partial charge is 0.226 e. The second-order valence-electron chi connectivity index (χ2n) is 8.20. The first kappa shape index (κ1) is 24.8. The number of carbonyl (C=O) groups is 2. The summed E-state index contributed by atoms with van der Waals surface area (Å²) in [6.07, 6.45) is -0.280. The molecule has 0 saturated heterocycles. The van der Waals surface area contributed by atoms with Crippen molar-refractivity contribution < 1.29 is 14.4 Å². The van der Waals surface area contributed by atoms with Gasteiger partial charge in [-0.15, -0.1) is 0 Å². The molecule has 6 nitrogen and oxygen atoms in total. The summed E-state index contributed by atoms with van der Waals surface area (Å²) in [5, 5.41) is 5.24. The highest BCUT2D eigenvalue weighted by Crippen LogP contribution is 2.36. The quantitative estimate of drug-likeness (QED) is 0.382. The maximum atomic E-state index is 12.8. The number of halogens is 2. The highest BCUT2D eigenvalue weighted by molar-refractivity contribution is 6.40. The van der Waals surface area contributed by atoms with Crippen LogP contribution in [0, 0.1) is 5.92 Å². The van der Waals surface area contributed by atoms with Crippen LogP contribution in [-0.4, -0.2) is 30.3 Å². The molecule has 180 valence electrons. The lowest BCUT2D eigenvalue weighted by atomic mass is 9.91. The molecule has 3 aromatic rings. The second-order valence-corrected chi connectivity index (χ2v) is 9.01. The van der Waals surface area contributed by atoms with Crippen LogP contribution in [-0.2, 0) is 14.4 Å². The summed E-state index contributed by atoms with van der Waals surface area (Å²) in [5.41, 5.74) is 2.58. The van der Waals surface area contributed by atoms with Crippen LogP contribution in [0.15, 0.2) is 84.0 Å². The second kappa shape index (κ2) is 10.9. The van der Waals surface area contributed by atoms with Gasteiger partial charge in [0.15, 0.2) is 0 Å². The lowest BCUT2D eigenvalue weighted by Gasteiger charge is -2.32. The zero-order valence-corrected chi connectivity index (χ0v) is 20.9. The molecule has 35 heavy (non-hydrogen) atoms. The van der Waals surface area contributed by atoms with E-state index in [4.69, 9.17) is 28.0 Å². The third-order valence-electron chi connectivity index (χ3n) is 5.91. The molecule has 0 fully saturated rings. The molecule has 0 radical (unpaired) electrons. The van der Waals surface area contributed by atoms with Gasteiger partial charge in [0.1, 0.15) is 0 Å². The highest BCUT2D eigenvalue weighted by atomic mass is 35.5. The number of para-hydroxylation sites is 2. The van der Waals surface area contributed by atoms with E-state index in [1.54, 1.807) is 28.0 Å². The number of amides is 2. The van der Waals surface area contributed by atoms with Crippen molar-refractivity contribution in [3.05, 3.63) is 94.5 Å². The van der Waals surface area contributed by atoms with Crippen LogP contribution in [0.3, 0.4) is 0 Å². The zero-order valence-electron chi connectivity index (χ0n) is 19.4. The molecular weight excluding hydrogens is 485 g/mol. The summed E-state index contributed by atoms with van der Waals surface area (Å²) in [4.78, 5) is 34.5. The predicted octanol–water partition coefficient (Wildman–Crippen LogP) is 6.17. The first-order valence-corrected chi connectivity index (χ1v) is 12.0. The highest BCUT2D eigenvalue weighted by Gasteiger charge is 2.42. The van der Waals surface area contributed by atoms with E-state index in [0.29, 0.717) is 40.0 Å². The monoisotopic (exact) mass is 509 g/mol. The summed E-state index contributed by atoms with van der Waals surface area (Å²) in [6.45, 7) is 3.40. The van der Waals surface area contributed by atoms with E-state index in [1.807, 2.05) is 60.7 Å². The number of oxime groups is 1. The van der Waals surface area contributed by atoms with Gasteiger partial charge >= 0.3 is 0 Å². The molecule has 2 amide bonds. The van der Waals surface area contributed by atoms with Gasteiger partial charge in [-0.25, -0.2) is 0 Å². The third kappa shape index (κ3) is 5.34. The molecule has 2 atom stereocenters. The summed E-state index contributed by atoms with van der Waals surface area (Å²) >= 11 is 13.0. The topological polar surface area (TPSA) is 62.2 Å². The normalized spacial score (nSPS) is 16.9. The Labute approximate surface area is 214 Å². The zero-order chi connectivity index (χ0) is 24.9. The largest absolute Gasteiger partial charge is 0.369 e. The minimum absolute atomic E-state index is 0.0904. The molecule has 0 spiro atoms. The van der Waals surface area contributed by atoms with Gasteiger partial charge in [0.25, 0.3) is 0 Å². The van der Waals surface area contributed by atoms with Crippen molar-refractivity contribution in [1.29, 1.82) is 0 Å². The molecule has 0 N–H and O–H groups in total. The van der Waals surface area contributed by atoms with Gasteiger partial charge in [-0.3, -0.25) is 14.5 Å². The van der Waals surface area contributed by atoms with E-state index in [1.165, 1.54) is 13.8 Å². The first-order chi connectivity index (χ1) is 16.9. The van der Waals surface area contributed by atoms with E-state index in [0.717, 1.165) is 5.69 Å². The Kier molecular flexibility index (Phi) is 7.73. The van der Waals surface area contributed by atoms with Gasteiger partial charge in [0.2, 0.25) is 18.0 Å². The van der Waals surface area contributed by atoms with Crippen LogP contribution >= 0.6 is 23.2 Å². The number of nitrogens with zero attached hydrogens (tertiary/aromatic N) is 3. The number of hydrogen-bond donors (Lipinski definition) is 0. The number of anilines is 2. The van der Waals surface area contributed by atoms with Crippen molar-refractivity contribution in [2.75, 3.05) is 16.3 Å². The summed E-state index contributed by atoms with van der Waals surface area (Å²) in [6, 6.07) is 23.9. The van der Waals surface area contributed by atoms with Crippen molar-refractivity contribution >= 4 is 52.1 Å². The Balaban J connectivity index is 1.72. The molecule has 0 aliphatic carbocycles. The third-order valence-corrected chi connectivity index (χ3v) is 6.54. The maximum absolute atomic E-state index is 12.8. The van der Waals surface area contributed by atoms with E-state index in [9.17, 15) is 9.59 Å². The van der Waals surface area contributed by atoms with Gasteiger partial charge in [-0.05, 0) is 42.8 Å². The predicted molar refractivity (Wildman–Crippen MR) is 140 cm³/mol. The fourth-order valence-corrected chi connectivity index (χ4v) is 4.90. The summed E-state index contributed by atoms with van der Waals surface area (Å²) in [5.74, 6) is -0.686. The van der Waals surface area contributed by atoms with E-state index in [-0.39, 0.29) is 11.8 Å². The molecule has 4 rings (SSSR count). The van der Waals surface area contributed by atoms with Crippen molar-refractivity contribution in [2.45, 2.75) is 26.5 Å². The molecule has 0 unspecified atom stereocenters. The van der Waals surface area contributed by atoms with Crippen LogP contribution in [0.4, 0.5) is 11.4 Å². The number of carbonyl (C=O) groups excluding carboxylic acids is 2. The molecule has 0 aromatic heterocycles. The molecule has 8 heteroatoms. The van der Waals surface area contributed by atoms with Crippen LogP contribution in [0.5, 0.6) is 0 Å². The molecule has 0 bridgehead atoms. The van der Waals surface area contributed by atoms with Crippen LogP contribution in [0.2, 0.25) is 10.0 Å². The molecule has 0 saturated carbocycles. The minimum Gasteiger partial charge on any atom is -0.369 e. The fraction of sp³-hybridized carbons (Fsp3) is 0.222. The van der Waals surface area contributed by atoms with E-state index >= 15 is 0 Å². The Bertz CT molecular complexity index is 1210. The van der Waals surface area contributed by atoms with Gasteiger partial charge < -0.3 is 9.74 Å². The van der Waals surface area contributed by atoms with Gasteiger partial charge in [0, 0.05) is 37.3 Å². The summed E-state index contributed by atoms with van der Waals surface area (Å²) in [7, 11) is 0. The van der Waals surface area contributed by atoms with Gasteiger partial charge in [-0.1, -0.05) is 70.8 Å². The molecule has 1 heterocycles. The lowest BCUT2D eigenvalue weighted by molar-refractivity contribution is -0.120. The van der Waals surface area contributed by atoms with Crippen LogP contribution in [0.25, 0.3) is 0 Å². The molecule has 3 aromatic carbocycles. The standard InChI is InChI=1S/C27H25Cl2N3O3/c1-18(33)31(20-10-5-3-6-11-20)17-16-22-26(25-23(28)14-9-15-24(25)29)30-35-27(22)32(19(2)34)21-12-7-4-8-13-21/h3-15,22,27H,16-17H2,1-2H3/t22-,27-/m0/s1. The lowest BCUT2D eigenvalue weighted by Crippen LogP contribution is -2.46. The average molecular weight is 510 g/mol. The maximum Gasteiger partial charge on any atom is 0.226 e. The van der Waals surface area contributed by atoms with Crippen molar-refractivity contribution in [3.8, 4) is 0 Å². The Hall–Kier alpha value is -3.35. The average Bonchev–Trinajstić information content (AvgIpc) is 3.23. The molecule has 1 aliphatic heterocycles. The van der Waals surface area contributed by atoms with Crippen molar-refractivity contribution in [2.24, 2.45) is 11.1 Å². The van der Waals surface area contributed by atoms with Gasteiger partial charge in [-0.2, -0.15) is 0 Å². The van der Waals surface area contributed by atoms with Crippen LogP contribution in [0.1, 0.15) is 25.8 Å². The van der Waals surface area contributed by atoms with Crippen LogP contribution < -0.4 is 9.80 Å². The van der Waals surface area contributed by atoms with Crippen molar-refractivity contribution in [1.82, 2.24) is 0 Å². The SMILES string of the molecule is CC(=O)N(CC[C@H]1C(c2c(Cl)cccc2Cl)=NO[C@@H]1N(C(C)=O)c1ccccc1)c1ccccc1. The number of benzene rings is 3. The number of rotatable bonds is 7.